The van der Waals surface area contributed by atoms with Crippen LogP contribution in [0.2, 0.25) is 0 Å². The van der Waals surface area contributed by atoms with Gasteiger partial charge in [0.15, 0.2) is 0 Å². The summed E-state index contributed by atoms with van der Waals surface area (Å²) in [4.78, 5) is 0. The Balaban J connectivity index is 1.35. The molecule has 2 fully saturated rings. The third-order valence-corrected chi connectivity index (χ3v) is 8.47. The van der Waals surface area contributed by atoms with Gasteiger partial charge in [-0.1, -0.05) is 102 Å². The molecule has 0 nitrogen and oxygen atoms in total. The Morgan fingerprint density at radius 2 is 1.27 bits per heavy atom. The number of unbranched alkanes of at least 4 members (excludes halogenated alkanes) is 5. The molecule has 0 spiro atoms. The van der Waals surface area contributed by atoms with Gasteiger partial charge in [-0.2, -0.15) is 0 Å². The zero-order valence-corrected chi connectivity index (χ0v) is 21.8. The second kappa shape index (κ2) is 15.4. The summed E-state index contributed by atoms with van der Waals surface area (Å²) < 4.78 is 0. The van der Waals surface area contributed by atoms with Crippen molar-refractivity contribution >= 4 is 0 Å². The van der Waals surface area contributed by atoms with Crippen molar-refractivity contribution in [1.29, 1.82) is 0 Å². The zero-order chi connectivity index (χ0) is 23.1. The molecule has 0 amide bonds. The summed E-state index contributed by atoms with van der Waals surface area (Å²) in [5.74, 6) is 10.2. The van der Waals surface area contributed by atoms with E-state index in [9.17, 15) is 0 Å². The minimum Gasteiger partial charge on any atom is -0.0730 e. The molecule has 3 rings (SSSR count). The first-order chi connectivity index (χ1) is 16.3. The van der Waals surface area contributed by atoms with Gasteiger partial charge in [-0.15, -0.1) is 0 Å². The van der Waals surface area contributed by atoms with E-state index >= 15 is 0 Å². The molecular weight excluding hydrogens is 396 g/mol. The van der Waals surface area contributed by atoms with Crippen molar-refractivity contribution in [3.63, 3.8) is 0 Å². The lowest BCUT2D eigenvalue weighted by Gasteiger charge is -2.29. The Hall–Kier alpha value is -1.48. The maximum atomic E-state index is 3.36. The van der Waals surface area contributed by atoms with Gasteiger partial charge in [0.2, 0.25) is 0 Å². The van der Waals surface area contributed by atoms with Gasteiger partial charge in [0.1, 0.15) is 0 Å². The summed E-state index contributed by atoms with van der Waals surface area (Å²) in [5.41, 5.74) is 2.70. The maximum absolute atomic E-state index is 3.36. The van der Waals surface area contributed by atoms with Gasteiger partial charge >= 0.3 is 0 Å². The van der Waals surface area contributed by atoms with E-state index in [1.54, 1.807) is 0 Å². The van der Waals surface area contributed by atoms with Crippen LogP contribution in [0.4, 0.5) is 0 Å². The zero-order valence-electron chi connectivity index (χ0n) is 21.8. The molecule has 0 bridgehead atoms. The van der Waals surface area contributed by atoms with E-state index in [0.29, 0.717) is 0 Å². The fourth-order valence-corrected chi connectivity index (χ4v) is 6.14. The van der Waals surface area contributed by atoms with Gasteiger partial charge in [-0.05, 0) is 98.8 Å². The van der Waals surface area contributed by atoms with Crippen molar-refractivity contribution in [3.05, 3.63) is 47.5 Å². The second-order valence-corrected chi connectivity index (χ2v) is 11.1. The van der Waals surface area contributed by atoms with Crippen molar-refractivity contribution in [3.8, 4) is 11.8 Å². The Morgan fingerprint density at radius 3 is 1.91 bits per heavy atom. The highest BCUT2D eigenvalue weighted by atomic mass is 14.3. The molecule has 1 aromatic carbocycles. The van der Waals surface area contributed by atoms with Crippen molar-refractivity contribution < 1.29 is 0 Å². The molecular formula is C33H50. The predicted octanol–water partition coefficient (Wildman–Crippen LogP) is 10.2. The normalized spacial score (nSPS) is 25.6. The van der Waals surface area contributed by atoms with Crippen molar-refractivity contribution in [1.82, 2.24) is 0 Å². The van der Waals surface area contributed by atoms with Crippen molar-refractivity contribution in [2.45, 2.75) is 129 Å². The number of hydrogen-bond acceptors (Lipinski definition) is 0. The van der Waals surface area contributed by atoms with Crippen LogP contribution in [0, 0.1) is 29.6 Å². The first-order valence-electron chi connectivity index (χ1n) is 14.6. The Morgan fingerprint density at radius 1 is 0.697 bits per heavy atom. The first kappa shape index (κ1) is 26.1. The van der Waals surface area contributed by atoms with Gasteiger partial charge in [0, 0.05) is 5.56 Å². The third kappa shape index (κ3) is 9.73. The molecule has 0 unspecified atom stereocenters. The van der Waals surface area contributed by atoms with E-state index in [0.717, 1.165) is 29.2 Å². The number of hydrogen-bond donors (Lipinski definition) is 0. The standard InChI is InChI=1S/C33H50/c1-3-5-7-9-13-28-16-18-29(19-17-28)14-10-11-15-31-22-26-33(27-23-31)32-24-20-30(21-25-32)12-8-6-4-2/h10,14,22-23,26-30,32H,3-9,12-13,16-21,24-25H2,1-2H3/b14-10+. The molecule has 2 aliphatic rings. The van der Waals surface area contributed by atoms with Gasteiger partial charge in [-0.3, -0.25) is 0 Å². The van der Waals surface area contributed by atoms with E-state index in [1.165, 1.54) is 115 Å². The van der Waals surface area contributed by atoms with Gasteiger partial charge < -0.3 is 0 Å². The Kier molecular flexibility index (Phi) is 12.2. The molecule has 0 heteroatoms. The summed E-state index contributed by atoms with van der Waals surface area (Å²) >= 11 is 0. The van der Waals surface area contributed by atoms with E-state index in [4.69, 9.17) is 0 Å². The molecule has 0 saturated heterocycles. The average molecular weight is 447 g/mol. The number of allylic oxidation sites excluding steroid dienone is 2. The van der Waals surface area contributed by atoms with Gasteiger partial charge in [0.25, 0.3) is 0 Å². The van der Waals surface area contributed by atoms with E-state index < -0.39 is 0 Å². The van der Waals surface area contributed by atoms with E-state index in [1.807, 2.05) is 0 Å². The lowest BCUT2D eigenvalue weighted by atomic mass is 9.77. The van der Waals surface area contributed by atoms with Crippen LogP contribution in [-0.4, -0.2) is 0 Å². The maximum Gasteiger partial charge on any atom is 0.0249 e. The van der Waals surface area contributed by atoms with Gasteiger partial charge in [-0.25, -0.2) is 0 Å². The molecule has 1 aromatic rings. The molecule has 0 aliphatic heterocycles. The van der Waals surface area contributed by atoms with Crippen LogP contribution in [0.15, 0.2) is 36.4 Å². The quantitative estimate of drug-likeness (QED) is 0.234. The summed E-state index contributed by atoms with van der Waals surface area (Å²) in [6.07, 6.45) is 28.5. The number of benzene rings is 1. The molecule has 0 N–H and O–H groups in total. The van der Waals surface area contributed by atoms with E-state index in [-0.39, 0.29) is 0 Å². The second-order valence-electron chi connectivity index (χ2n) is 11.1. The van der Waals surface area contributed by atoms with E-state index in [2.05, 4.69) is 62.1 Å². The molecule has 0 aromatic heterocycles. The third-order valence-electron chi connectivity index (χ3n) is 8.47. The van der Waals surface area contributed by atoms with Crippen LogP contribution in [0.3, 0.4) is 0 Å². The average Bonchev–Trinajstić information content (AvgIpc) is 2.86. The molecule has 0 atom stereocenters. The topological polar surface area (TPSA) is 0 Å². The molecule has 0 heterocycles. The lowest BCUT2D eigenvalue weighted by Crippen LogP contribution is -2.13. The van der Waals surface area contributed by atoms with Gasteiger partial charge in [0.05, 0.1) is 0 Å². The first-order valence-corrected chi connectivity index (χ1v) is 14.6. The highest BCUT2D eigenvalue weighted by Gasteiger charge is 2.22. The summed E-state index contributed by atoms with van der Waals surface area (Å²) in [6.45, 7) is 4.61. The SMILES string of the molecule is CCCCCCC1CCC(/C=C/C#Cc2ccc(C3CCC(CCCCC)CC3)cc2)CC1. The Labute approximate surface area is 206 Å². The molecule has 0 radical (unpaired) electrons. The Bertz CT molecular complexity index is 712. The summed E-state index contributed by atoms with van der Waals surface area (Å²) in [6, 6.07) is 9.18. The summed E-state index contributed by atoms with van der Waals surface area (Å²) in [7, 11) is 0. The highest BCUT2D eigenvalue weighted by molar-refractivity contribution is 5.39. The monoisotopic (exact) mass is 446 g/mol. The van der Waals surface area contributed by atoms with Crippen LogP contribution >= 0.6 is 0 Å². The van der Waals surface area contributed by atoms with Crippen LogP contribution < -0.4 is 0 Å². The van der Waals surface area contributed by atoms with Crippen LogP contribution in [0.5, 0.6) is 0 Å². The van der Waals surface area contributed by atoms with Crippen LogP contribution in [0.25, 0.3) is 0 Å². The van der Waals surface area contributed by atoms with Crippen LogP contribution in [-0.2, 0) is 0 Å². The highest BCUT2D eigenvalue weighted by Crippen LogP contribution is 2.38. The van der Waals surface area contributed by atoms with Crippen molar-refractivity contribution in [2.24, 2.45) is 17.8 Å². The molecule has 33 heavy (non-hydrogen) atoms. The summed E-state index contributed by atoms with van der Waals surface area (Å²) in [5, 5.41) is 0. The largest absolute Gasteiger partial charge is 0.0730 e. The fraction of sp³-hybridized carbons (Fsp3) is 0.697. The molecule has 2 saturated carbocycles. The minimum absolute atomic E-state index is 0.755. The fourth-order valence-electron chi connectivity index (χ4n) is 6.14. The number of rotatable bonds is 11. The smallest absolute Gasteiger partial charge is 0.0249 e. The van der Waals surface area contributed by atoms with Crippen molar-refractivity contribution in [2.75, 3.05) is 0 Å². The minimum atomic E-state index is 0.755. The molecule has 2 aliphatic carbocycles. The predicted molar refractivity (Wildman–Crippen MR) is 146 cm³/mol. The lowest BCUT2D eigenvalue weighted by molar-refractivity contribution is 0.289. The van der Waals surface area contributed by atoms with Crippen LogP contribution in [0.1, 0.15) is 140 Å². The molecule has 182 valence electrons.